The summed E-state index contributed by atoms with van der Waals surface area (Å²) in [5.41, 5.74) is 4.75. The first-order valence-corrected chi connectivity index (χ1v) is 12.4. The first-order valence-electron chi connectivity index (χ1n) is 12.4. The standard InChI is InChI=1S/C28H34N2O5/c1-17(2)26(27(32)33)30-25(31)14-18-11-12-19(13-18)15-29-28(34)35-16-24-22-9-5-3-7-20(22)21-8-4-6-10-23(21)24/h3-10,17-19,24,26H,11-16H2,1-2H3,(H,29,34)(H,30,31)(H,32,33)/t18?,19?,26-/m0/s1. The van der Waals surface area contributed by atoms with E-state index in [2.05, 4.69) is 34.9 Å². The summed E-state index contributed by atoms with van der Waals surface area (Å²) in [4.78, 5) is 36.1. The SMILES string of the molecule is CC(C)[C@H](NC(=O)CC1CCC(CNC(=O)OCC2c3ccccc3-c3ccccc32)C1)C(=O)O. The summed E-state index contributed by atoms with van der Waals surface area (Å²) in [5.74, 6) is -0.886. The zero-order valence-corrected chi connectivity index (χ0v) is 20.3. The van der Waals surface area contributed by atoms with Gasteiger partial charge in [-0.05, 0) is 59.3 Å². The summed E-state index contributed by atoms with van der Waals surface area (Å²) in [7, 11) is 0. The van der Waals surface area contributed by atoms with Crippen molar-refractivity contribution >= 4 is 18.0 Å². The minimum Gasteiger partial charge on any atom is -0.480 e. The molecule has 3 atom stereocenters. The van der Waals surface area contributed by atoms with Crippen LogP contribution in [-0.4, -0.2) is 42.3 Å². The van der Waals surface area contributed by atoms with Gasteiger partial charge in [0.05, 0.1) is 0 Å². The van der Waals surface area contributed by atoms with Crippen LogP contribution in [-0.2, 0) is 14.3 Å². The maximum absolute atomic E-state index is 12.4. The van der Waals surface area contributed by atoms with E-state index in [-0.39, 0.29) is 36.2 Å². The normalized spacial score (nSPS) is 19.6. The van der Waals surface area contributed by atoms with E-state index in [9.17, 15) is 19.5 Å². The largest absolute Gasteiger partial charge is 0.480 e. The number of carbonyl (C=O) groups is 3. The monoisotopic (exact) mass is 478 g/mol. The van der Waals surface area contributed by atoms with Crippen LogP contribution < -0.4 is 10.6 Å². The third-order valence-electron chi connectivity index (χ3n) is 7.25. The molecule has 35 heavy (non-hydrogen) atoms. The molecule has 3 N–H and O–H groups in total. The molecule has 1 fully saturated rings. The van der Waals surface area contributed by atoms with Crippen molar-refractivity contribution in [1.82, 2.24) is 10.6 Å². The highest BCUT2D eigenvalue weighted by Gasteiger charge is 2.31. The fraction of sp³-hybridized carbons (Fsp3) is 0.464. The number of carbonyl (C=O) groups excluding carboxylic acids is 2. The van der Waals surface area contributed by atoms with E-state index < -0.39 is 18.1 Å². The van der Waals surface area contributed by atoms with Crippen LogP contribution in [0.1, 0.15) is 56.6 Å². The molecule has 0 bridgehead atoms. The number of aliphatic carboxylic acids is 1. The molecule has 0 aromatic heterocycles. The van der Waals surface area contributed by atoms with Crippen molar-refractivity contribution in [3.63, 3.8) is 0 Å². The molecular formula is C28H34N2O5. The number of alkyl carbamates (subject to hydrolysis) is 1. The zero-order chi connectivity index (χ0) is 24.9. The zero-order valence-electron chi connectivity index (χ0n) is 20.3. The van der Waals surface area contributed by atoms with Crippen LogP contribution in [0.25, 0.3) is 11.1 Å². The second-order valence-electron chi connectivity index (χ2n) is 10.1. The molecule has 2 aliphatic rings. The van der Waals surface area contributed by atoms with Crippen molar-refractivity contribution in [1.29, 1.82) is 0 Å². The molecule has 7 heteroatoms. The van der Waals surface area contributed by atoms with E-state index in [0.29, 0.717) is 13.0 Å². The molecule has 2 unspecified atom stereocenters. The average molecular weight is 479 g/mol. The molecule has 4 rings (SSSR count). The number of fused-ring (bicyclic) bond motifs is 3. The third kappa shape index (κ3) is 5.84. The van der Waals surface area contributed by atoms with Crippen molar-refractivity contribution in [3.05, 3.63) is 59.7 Å². The molecule has 2 aliphatic carbocycles. The Morgan fingerprint density at radius 2 is 1.57 bits per heavy atom. The Kier molecular flexibility index (Phi) is 7.73. The fourth-order valence-corrected chi connectivity index (χ4v) is 5.43. The minimum atomic E-state index is -1.01. The molecule has 2 amide bonds. The third-order valence-corrected chi connectivity index (χ3v) is 7.25. The topological polar surface area (TPSA) is 105 Å². The quantitative estimate of drug-likeness (QED) is 0.490. The molecule has 0 radical (unpaired) electrons. The van der Waals surface area contributed by atoms with Gasteiger partial charge in [-0.1, -0.05) is 62.4 Å². The Morgan fingerprint density at radius 3 is 2.17 bits per heavy atom. The van der Waals surface area contributed by atoms with E-state index in [1.807, 2.05) is 24.3 Å². The molecule has 0 saturated heterocycles. The molecular weight excluding hydrogens is 444 g/mol. The average Bonchev–Trinajstić information content (AvgIpc) is 3.41. The van der Waals surface area contributed by atoms with Gasteiger partial charge in [0.2, 0.25) is 5.91 Å². The summed E-state index contributed by atoms with van der Waals surface area (Å²) >= 11 is 0. The summed E-state index contributed by atoms with van der Waals surface area (Å²) in [6.07, 6.45) is 2.54. The highest BCUT2D eigenvalue weighted by molar-refractivity contribution is 5.84. The van der Waals surface area contributed by atoms with E-state index in [1.54, 1.807) is 13.8 Å². The van der Waals surface area contributed by atoms with Crippen LogP contribution in [0.4, 0.5) is 4.79 Å². The lowest BCUT2D eigenvalue weighted by molar-refractivity contribution is -0.143. The van der Waals surface area contributed by atoms with Crippen LogP contribution in [0.3, 0.4) is 0 Å². The fourth-order valence-electron chi connectivity index (χ4n) is 5.43. The molecule has 2 aromatic carbocycles. The molecule has 0 heterocycles. The summed E-state index contributed by atoms with van der Waals surface area (Å²) in [6.45, 7) is 4.35. The van der Waals surface area contributed by atoms with E-state index >= 15 is 0 Å². The second-order valence-corrected chi connectivity index (χ2v) is 10.1. The van der Waals surface area contributed by atoms with Crippen molar-refractivity contribution < 1.29 is 24.2 Å². The predicted octanol–water partition coefficient (Wildman–Crippen LogP) is 4.56. The van der Waals surface area contributed by atoms with Crippen molar-refractivity contribution in [2.24, 2.45) is 17.8 Å². The van der Waals surface area contributed by atoms with Gasteiger partial charge in [-0.25, -0.2) is 9.59 Å². The van der Waals surface area contributed by atoms with Crippen molar-refractivity contribution in [3.8, 4) is 11.1 Å². The van der Waals surface area contributed by atoms with Gasteiger partial charge >= 0.3 is 12.1 Å². The van der Waals surface area contributed by atoms with Crippen molar-refractivity contribution in [2.45, 2.75) is 51.5 Å². The van der Waals surface area contributed by atoms with Crippen LogP contribution in [0, 0.1) is 17.8 Å². The maximum Gasteiger partial charge on any atom is 0.407 e. The molecule has 186 valence electrons. The van der Waals surface area contributed by atoms with Gasteiger partial charge in [0, 0.05) is 18.9 Å². The Labute approximate surface area is 206 Å². The number of carboxylic acids is 1. The Bertz CT molecular complexity index is 1040. The summed E-state index contributed by atoms with van der Waals surface area (Å²) in [5, 5.41) is 14.8. The van der Waals surface area contributed by atoms with Gasteiger partial charge in [-0.15, -0.1) is 0 Å². The van der Waals surface area contributed by atoms with Gasteiger partial charge in [0.25, 0.3) is 0 Å². The van der Waals surface area contributed by atoms with Crippen LogP contribution in [0.15, 0.2) is 48.5 Å². The van der Waals surface area contributed by atoms with Gasteiger partial charge in [-0.3, -0.25) is 4.79 Å². The first kappa shape index (κ1) is 24.8. The molecule has 2 aromatic rings. The van der Waals surface area contributed by atoms with E-state index in [0.717, 1.165) is 19.3 Å². The number of ether oxygens (including phenoxy) is 1. The lowest BCUT2D eigenvalue weighted by Crippen LogP contribution is -2.44. The number of amides is 2. The second kappa shape index (κ2) is 10.9. The lowest BCUT2D eigenvalue weighted by atomic mass is 9.98. The number of nitrogens with one attached hydrogen (secondary N) is 2. The van der Waals surface area contributed by atoms with E-state index in [1.165, 1.54) is 22.3 Å². The highest BCUT2D eigenvalue weighted by Crippen LogP contribution is 2.44. The number of carboxylic acid groups (broad SMARTS) is 1. The molecule has 7 nitrogen and oxygen atoms in total. The van der Waals surface area contributed by atoms with E-state index in [4.69, 9.17) is 4.74 Å². The van der Waals surface area contributed by atoms with Crippen LogP contribution >= 0.6 is 0 Å². The predicted molar refractivity (Wildman–Crippen MR) is 133 cm³/mol. The smallest absolute Gasteiger partial charge is 0.407 e. The maximum atomic E-state index is 12.4. The number of benzene rings is 2. The Balaban J connectivity index is 1.21. The van der Waals surface area contributed by atoms with Gasteiger partial charge in [0.15, 0.2) is 0 Å². The van der Waals surface area contributed by atoms with Crippen molar-refractivity contribution in [2.75, 3.05) is 13.2 Å². The number of hydrogen-bond acceptors (Lipinski definition) is 4. The Hall–Kier alpha value is -3.35. The summed E-state index contributed by atoms with van der Waals surface area (Å²) in [6, 6.07) is 15.6. The minimum absolute atomic E-state index is 0.0305. The first-order chi connectivity index (χ1) is 16.8. The van der Waals surface area contributed by atoms with Gasteiger partial charge in [-0.2, -0.15) is 0 Å². The summed E-state index contributed by atoms with van der Waals surface area (Å²) < 4.78 is 5.61. The van der Waals surface area contributed by atoms with Crippen LogP contribution in [0.2, 0.25) is 0 Å². The number of rotatable bonds is 9. The molecule has 1 saturated carbocycles. The lowest BCUT2D eigenvalue weighted by Gasteiger charge is -2.19. The molecule has 0 spiro atoms. The van der Waals surface area contributed by atoms with Gasteiger partial charge < -0.3 is 20.5 Å². The van der Waals surface area contributed by atoms with Gasteiger partial charge in [0.1, 0.15) is 12.6 Å². The number of hydrogen-bond donors (Lipinski definition) is 3. The highest BCUT2D eigenvalue weighted by atomic mass is 16.5. The molecule has 0 aliphatic heterocycles. The Morgan fingerprint density at radius 1 is 0.971 bits per heavy atom. The van der Waals surface area contributed by atoms with Crippen LogP contribution in [0.5, 0.6) is 0 Å².